The Hall–Kier alpha value is -1.78. The summed E-state index contributed by atoms with van der Waals surface area (Å²) in [6.45, 7) is 1.80. The highest BCUT2D eigenvalue weighted by Crippen LogP contribution is 2.29. The van der Waals surface area contributed by atoms with Crippen LogP contribution in [0.2, 0.25) is 0 Å². The van der Waals surface area contributed by atoms with Crippen LogP contribution in [0.5, 0.6) is 0 Å². The van der Waals surface area contributed by atoms with Crippen molar-refractivity contribution >= 4 is 0 Å². The fraction of sp³-hybridized carbons (Fsp3) is 0.308. The third-order valence-corrected chi connectivity index (χ3v) is 2.58. The molecule has 0 atom stereocenters. The van der Waals surface area contributed by atoms with Gasteiger partial charge in [0.1, 0.15) is 5.76 Å². The molecule has 5 heteroatoms. The quantitative estimate of drug-likeness (QED) is 0.834. The van der Waals surface area contributed by atoms with E-state index in [4.69, 9.17) is 4.42 Å². The van der Waals surface area contributed by atoms with Crippen molar-refractivity contribution in [1.29, 1.82) is 0 Å². The van der Waals surface area contributed by atoms with Crippen molar-refractivity contribution < 1.29 is 17.6 Å². The first-order valence-electron chi connectivity index (χ1n) is 5.52. The van der Waals surface area contributed by atoms with Gasteiger partial charge >= 0.3 is 6.18 Å². The van der Waals surface area contributed by atoms with Gasteiger partial charge in [0.25, 0.3) is 0 Å². The summed E-state index contributed by atoms with van der Waals surface area (Å²) in [6.07, 6.45) is -1.46. The number of nitrogens with zero attached hydrogens (tertiary/aromatic N) is 1. The lowest BCUT2D eigenvalue weighted by Gasteiger charge is -2.07. The monoisotopic (exact) mass is 255 g/mol. The lowest BCUT2D eigenvalue weighted by molar-refractivity contribution is -0.137. The molecule has 0 saturated heterocycles. The molecule has 0 spiro atoms. The van der Waals surface area contributed by atoms with Gasteiger partial charge in [-0.15, -0.1) is 0 Å². The summed E-state index contributed by atoms with van der Waals surface area (Å²) in [7, 11) is 0. The number of hydrogen-bond acceptors (Lipinski definition) is 2. The lowest BCUT2D eigenvalue weighted by Crippen LogP contribution is -2.04. The Morgan fingerprint density at radius 3 is 2.28 bits per heavy atom. The van der Waals surface area contributed by atoms with E-state index in [0.29, 0.717) is 18.7 Å². The van der Waals surface area contributed by atoms with Crippen molar-refractivity contribution in [3.63, 3.8) is 0 Å². The summed E-state index contributed by atoms with van der Waals surface area (Å²) in [4.78, 5) is 4.04. The maximum absolute atomic E-state index is 12.3. The summed E-state index contributed by atoms with van der Waals surface area (Å²) in [5.74, 6) is 1.34. The van der Waals surface area contributed by atoms with Crippen LogP contribution in [-0.2, 0) is 19.0 Å². The van der Waals surface area contributed by atoms with Crippen LogP contribution in [0.4, 0.5) is 13.2 Å². The first-order valence-corrected chi connectivity index (χ1v) is 5.52. The van der Waals surface area contributed by atoms with Crippen molar-refractivity contribution in [1.82, 2.24) is 4.98 Å². The molecule has 2 aromatic rings. The normalized spacial score (nSPS) is 11.8. The molecule has 1 aromatic carbocycles. The minimum Gasteiger partial charge on any atom is -0.446 e. The van der Waals surface area contributed by atoms with Crippen LogP contribution < -0.4 is 0 Å². The minimum atomic E-state index is -4.28. The molecule has 0 bridgehead atoms. The van der Waals surface area contributed by atoms with E-state index in [2.05, 4.69) is 4.98 Å². The fourth-order valence-electron chi connectivity index (χ4n) is 1.63. The SMILES string of the molecule is Cc1cnc(CCc2ccc(C(F)(F)F)cc2)o1. The molecular weight excluding hydrogens is 243 g/mol. The molecule has 96 valence electrons. The molecule has 2 nitrogen and oxygen atoms in total. The van der Waals surface area contributed by atoms with Gasteiger partial charge in [-0.25, -0.2) is 4.98 Å². The third kappa shape index (κ3) is 3.12. The Kier molecular flexibility index (Phi) is 3.41. The van der Waals surface area contributed by atoms with Crippen LogP contribution in [-0.4, -0.2) is 4.98 Å². The van der Waals surface area contributed by atoms with E-state index in [9.17, 15) is 13.2 Å². The maximum atomic E-state index is 12.3. The van der Waals surface area contributed by atoms with Gasteiger partial charge in [-0.05, 0) is 31.0 Å². The van der Waals surface area contributed by atoms with E-state index in [1.807, 2.05) is 0 Å². The number of aromatic nitrogens is 1. The second-order valence-electron chi connectivity index (χ2n) is 4.06. The van der Waals surface area contributed by atoms with Crippen LogP contribution >= 0.6 is 0 Å². The van der Waals surface area contributed by atoms with Crippen LogP contribution in [0.15, 0.2) is 34.9 Å². The molecule has 0 amide bonds. The maximum Gasteiger partial charge on any atom is 0.416 e. The van der Waals surface area contributed by atoms with Crippen molar-refractivity contribution in [2.45, 2.75) is 25.9 Å². The van der Waals surface area contributed by atoms with Gasteiger partial charge in [0, 0.05) is 6.42 Å². The van der Waals surface area contributed by atoms with E-state index in [0.717, 1.165) is 23.5 Å². The summed E-state index contributed by atoms with van der Waals surface area (Å²) in [5.41, 5.74) is 0.206. The van der Waals surface area contributed by atoms with Gasteiger partial charge in [0.05, 0.1) is 11.8 Å². The Balaban J connectivity index is 1.98. The van der Waals surface area contributed by atoms with E-state index in [1.165, 1.54) is 12.1 Å². The average Bonchev–Trinajstić information content (AvgIpc) is 2.72. The number of rotatable bonds is 3. The number of aryl methyl sites for hydroxylation is 3. The summed E-state index contributed by atoms with van der Waals surface area (Å²) in [6, 6.07) is 5.16. The summed E-state index contributed by atoms with van der Waals surface area (Å²) in [5, 5.41) is 0. The molecule has 0 fully saturated rings. The molecule has 0 aliphatic heterocycles. The zero-order valence-electron chi connectivity index (χ0n) is 9.79. The zero-order valence-corrected chi connectivity index (χ0v) is 9.79. The van der Waals surface area contributed by atoms with Crippen LogP contribution in [0.1, 0.15) is 22.8 Å². The predicted molar refractivity (Wildman–Crippen MR) is 60.1 cm³/mol. The molecule has 0 unspecified atom stereocenters. The van der Waals surface area contributed by atoms with E-state index in [1.54, 1.807) is 13.1 Å². The van der Waals surface area contributed by atoms with Gasteiger partial charge in [-0.1, -0.05) is 12.1 Å². The highest BCUT2D eigenvalue weighted by atomic mass is 19.4. The lowest BCUT2D eigenvalue weighted by atomic mass is 10.1. The number of oxazole rings is 1. The standard InChI is InChI=1S/C13H12F3NO/c1-9-8-17-12(18-9)7-4-10-2-5-11(6-3-10)13(14,15)16/h2-3,5-6,8H,4,7H2,1H3. The highest BCUT2D eigenvalue weighted by Gasteiger charge is 2.29. The average molecular weight is 255 g/mol. The molecule has 2 rings (SSSR count). The number of halogens is 3. The van der Waals surface area contributed by atoms with Gasteiger partial charge in [0.15, 0.2) is 5.89 Å². The zero-order chi connectivity index (χ0) is 13.2. The summed E-state index contributed by atoms with van der Waals surface area (Å²) >= 11 is 0. The van der Waals surface area contributed by atoms with Gasteiger partial charge in [0.2, 0.25) is 0 Å². The first kappa shape index (κ1) is 12.7. The van der Waals surface area contributed by atoms with Crippen molar-refractivity contribution in [3.05, 3.63) is 53.2 Å². The van der Waals surface area contributed by atoms with Crippen molar-refractivity contribution in [3.8, 4) is 0 Å². The molecule has 0 N–H and O–H groups in total. The van der Waals surface area contributed by atoms with Crippen LogP contribution in [0.25, 0.3) is 0 Å². The number of alkyl halides is 3. The molecule has 18 heavy (non-hydrogen) atoms. The Bertz CT molecular complexity index is 514. The van der Waals surface area contributed by atoms with E-state index in [-0.39, 0.29) is 0 Å². The van der Waals surface area contributed by atoms with E-state index < -0.39 is 11.7 Å². The molecule has 0 aliphatic rings. The Morgan fingerprint density at radius 1 is 1.11 bits per heavy atom. The van der Waals surface area contributed by atoms with Crippen molar-refractivity contribution in [2.24, 2.45) is 0 Å². The smallest absolute Gasteiger partial charge is 0.416 e. The van der Waals surface area contributed by atoms with Gasteiger partial charge in [-0.2, -0.15) is 13.2 Å². The molecule has 0 aliphatic carbocycles. The first-order chi connectivity index (χ1) is 8.45. The molecule has 0 saturated carbocycles. The minimum absolute atomic E-state index is 0.583. The predicted octanol–water partition coefficient (Wildman–Crippen LogP) is 3.79. The number of benzene rings is 1. The van der Waals surface area contributed by atoms with Crippen molar-refractivity contribution in [2.75, 3.05) is 0 Å². The van der Waals surface area contributed by atoms with Gasteiger partial charge in [-0.3, -0.25) is 0 Å². The van der Waals surface area contributed by atoms with E-state index >= 15 is 0 Å². The third-order valence-electron chi connectivity index (χ3n) is 2.58. The molecule has 1 heterocycles. The Labute approximate surface area is 102 Å². The second kappa shape index (κ2) is 4.84. The Morgan fingerprint density at radius 2 is 1.78 bits per heavy atom. The van der Waals surface area contributed by atoms with Gasteiger partial charge < -0.3 is 4.42 Å². The molecule has 1 aromatic heterocycles. The fourth-order valence-corrected chi connectivity index (χ4v) is 1.63. The van der Waals surface area contributed by atoms with Crippen LogP contribution in [0.3, 0.4) is 0 Å². The molecule has 0 radical (unpaired) electrons. The number of hydrogen-bond donors (Lipinski definition) is 0. The summed E-state index contributed by atoms with van der Waals surface area (Å²) < 4.78 is 42.3. The molecular formula is C13H12F3NO. The topological polar surface area (TPSA) is 26.0 Å². The second-order valence-corrected chi connectivity index (χ2v) is 4.06. The van der Waals surface area contributed by atoms with Crippen LogP contribution in [0, 0.1) is 6.92 Å². The largest absolute Gasteiger partial charge is 0.446 e. The highest BCUT2D eigenvalue weighted by molar-refractivity contribution is 5.24.